The van der Waals surface area contributed by atoms with Crippen molar-refractivity contribution in [1.82, 2.24) is 4.90 Å². The van der Waals surface area contributed by atoms with Crippen molar-refractivity contribution in [3.63, 3.8) is 0 Å². The lowest BCUT2D eigenvalue weighted by atomic mass is 9.99. The molecule has 1 atom stereocenters. The van der Waals surface area contributed by atoms with Gasteiger partial charge in [-0.05, 0) is 42.2 Å². The maximum absolute atomic E-state index is 13.4. The van der Waals surface area contributed by atoms with Gasteiger partial charge in [0.25, 0.3) is 0 Å². The highest BCUT2D eigenvalue weighted by Gasteiger charge is 2.35. The van der Waals surface area contributed by atoms with Crippen molar-refractivity contribution in [2.45, 2.75) is 32.4 Å². The molecule has 0 aromatic heterocycles. The van der Waals surface area contributed by atoms with Crippen LogP contribution in [0.2, 0.25) is 5.02 Å². The van der Waals surface area contributed by atoms with E-state index in [0.717, 1.165) is 18.2 Å². The Morgan fingerprint density at radius 2 is 1.93 bits per heavy atom. The van der Waals surface area contributed by atoms with Crippen LogP contribution in [0, 0.1) is 0 Å². The maximum atomic E-state index is 13.4. The van der Waals surface area contributed by atoms with Gasteiger partial charge in [-0.25, -0.2) is 8.42 Å². The SMILES string of the molecule is CC[C@@H](C(=O)N1CCc2ccccc2C1)N(c1ccc(OC)c(Cl)c1)S(C)(=O)=O. The number of methoxy groups -OCH3 is 1. The highest BCUT2D eigenvalue weighted by molar-refractivity contribution is 7.92. The first-order valence-electron chi connectivity index (χ1n) is 9.44. The molecule has 3 rings (SSSR count). The second-order valence-corrected chi connectivity index (χ2v) is 9.35. The third kappa shape index (κ3) is 4.51. The number of carbonyl (C=O) groups excluding carboxylic acids is 1. The molecule has 0 saturated heterocycles. The third-order valence-corrected chi connectivity index (χ3v) is 6.62. The van der Waals surface area contributed by atoms with Gasteiger partial charge in [0, 0.05) is 13.1 Å². The van der Waals surface area contributed by atoms with Crippen LogP contribution in [0.25, 0.3) is 0 Å². The van der Waals surface area contributed by atoms with Crippen LogP contribution in [-0.2, 0) is 27.8 Å². The molecule has 0 bridgehead atoms. The lowest BCUT2D eigenvalue weighted by Gasteiger charge is -2.36. The van der Waals surface area contributed by atoms with Crippen LogP contribution in [0.4, 0.5) is 5.69 Å². The quantitative estimate of drug-likeness (QED) is 0.695. The highest BCUT2D eigenvalue weighted by Crippen LogP contribution is 2.32. The Hall–Kier alpha value is -2.25. The lowest BCUT2D eigenvalue weighted by molar-refractivity contribution is -0.133. The number of nitrogens with zero attached hydrogens (tertiary/aromatic N) is 2. The normalized spacial score (nSPS) is 14.8. The lowest BCUT2D eigenvalue weighted by Crippen LogP contribution is -2.51. The molecule has 2 aromatic carbocycles. The topological polar surface area (TPSA) is 66.9 Å². The summed E-state index contributed by atoms with van der Waals surface area (Å²) in [5.41, 5.74) is 2.67. The number of hydrogen-bond donors (Lipinski definition) is 0. The Morgan fingerprint density at radius 3 is 2.52 bits per heavy atom. The number of carbonyl (C=O) groups is 1. The van der Waals surface area contributed by atoms with Gasteiger partial charge in [-0.3, -0.25) is 9.10 Å². The fraction of sp³-hybridized carbons (Fsp3) is 0.381. The minimum Gasteiger partial charge on any atom is -0.495 e. The molecule has 0 aliphatic carbocycles. The van der Waals surface area contributed by atoms with Crippen molar-refractivity contribution in [2.75, 3.05) is 24.2 Å². The molecule has 1 aliphatic rings. The Labute approximate surface area is 177 Å². The maximum Gasteiger partial charge on any atom is 0.246 e. The van der Waals surface area contributed by atoms with E-state index < -0.39 is 16.1 Å². The molecular weight excluding hydrogens is 412 g/mol. The zero-order chi connectivity index (χ0) is 21.2. The first-order valence-corrected chi connectivity index (χ1v) is 11.7. The molecule has 6 nitrogen and oxygen atoms in total. The molecule has 2 aromatic rings. The minimum atomic E-state index is -3.72. The van der Waals surface area contributed by atoms with E-state index in [2.05, 4.69) is 6.07 Å². The molecule has 1 heterocycles. The van der Waals surface area contributed by atoms with Crippen LogP contribution < -0.4 is 9.04 Å². The van der Waals surface area contributed by atoms with Gasteiger partial charge in [-0.15, -0.1) is 0 Å². The van der Waals surface area contributed by atoms with Crippen LogP contribution in [0.1, 0.15) is 24.5 Å². The van der Waals surface area contributed by atoms with Crippen LogP contribution >= 0.6 is 11.6 Å². The zero-order valence-corrected chi connectivity index (χ0v) is 18.3. The standard InChI is InChI=1S/C21H25ClN2O4S/c1-4-19(21(25)23-12-11-15-7-5-6-8-16(15)14-23)24(29(3,26)27)17-9-10-20(28-2)18(22)13-17/h5-10,13,19H,4,11-12,14H2,1-3H3/t19-/m0/s1. The summed E-state index contributed by atoms with van der Waals surface area (Å²) in [4.78, 5) is 15.1. The summed E-state index contributed by atoms with van der Waals surface area (Å²) < 4.78 is 31.6. The Morgan fingerprint density at radius 1 is 1.24 bits per heavy atom. The van der Waals surface area contributed by atoms with E-state index in [1.807, 2.05) is 25.1 Å². The Balaban J connectivity index is 1.94. The monoisotopic (exact) mass is 436 g/mol. The third-order valence-electron chi connectivity index (χ3n) is 5.14. The van der Waals surface area contributed by atoms with Crippen LogP contribution in [-0.4, -0.2) is 45.2 Å². The van der Waals surface area contributed by atoms with Gasteiger partial charge < -0.3 is 9.64 Å². The molecule has 0 N–H and O–H groups in total. The molecule has 156 valence electrons. The molecule has 29 heavy (non-hydrogen) atoms. The van der Waals surface area contributed by atoms with Gasteiger partial charge in [-0.1, -0.05) is 42.8 Å². The van der Waals surface area contributed by atoms with E-state index >= 15 is 0 Å². The summed E-state index contributed by atoms with van der Waals surface area (Å²) in [6.45, 7) is 2.85. The first-order chi connectivity index (χ1) is 13.8. The first kappa shape index (κ1) is 21.5. The van der Waals surface area contributed by atoms with Crippen molar-refractivity contribution in [1.29, 1.82) is 0 Å². The van der Waals surface area contributed by atoms with Gasteiger partial charge in [-0.2, -0.15) is 0 Å². The van der Waals surface area contributed by atoms with Crippen molar-refractivity contribution in [3.8, 4) is 5.75 Å². The van der Waals surface area contributed by atoms with E-state index in [1.165, 1.54) is 23.0 Å². The van der Waals surface area contributed by atoms with Gasteiger partial charge >= 0.3 is 0 Å². The van der Waals surface area contributed by atoms with E-state index in [0.29, 0.717) is 30.9 Å². The Bertz CT molecular complexity index is 1010. The van der Waals surface area contributed by atoms with Gasteiger partial charge in [0.1, 0.15) is 11.8 Å². The number of benzene rings is 2. The average Bonchev–Trinajstić information content (AvgIpc) is 2.70. The van der Waals surface area contributed by atoms with Crippen molar-refractivity contribution in [3.05, 3.63) is 58.6 Å². The fourth-order valence-electron chi connectivity index (χ4n) is 3.73. The van der Waals surface area contributed by atoms with E-state index in [9.17, 15) is 13.2 Å². The predicted molar refractivity (Wildman–Crippen MR) is 115 cm³/mol. The number of amides is 1. The summed E-state index contributed by atoms with van der Waals surface area (Å²) in [7, 11) is -2.24. The molecular formula is C21H25ClN2O4S. The summed E-state index contributed by atoms with van der Waals surface area (Å²) in [6, 6.07) is 11.9. The van der Waals surface area contributed by atoms with Gasteiger partial charge in [0.2, 0.25) is 15.9 Å². The predicted octanol–water partition coefficient (Wildman–Crippen LogP) is 3.48. The van der Waals surface area contributed by atoms with Crippen molar-refractivity contribution in [2.24, 2.45) is 0 Å². The second kappa shape index (κ2) is 8.63. The average molecular weight is 437 g/mol. The van der Waals surface area contributed by atoms with E-state index in [1.54, 1.807) is 17.0 Å². The number of anilines is 1. The molecule has 0 spiro atoms. The molecule has 1 aliphatic heterocycles. The van der Waals surface area contributed by atoms with Crippen LogP contribution in [0.5, 0.6) is 5.75 Å². The van der Waals surface area contributed by atoms with E-state index in [4.69, 9.17) is 16.3 Å². The summed E-state index contributed by atoms with van der Waals surface area (Å²) >= 11 is 6.21. The molecule has 0 saturated carbocycles. The zero-order valence-electron chi connectivity index (χ0n) is 16.8. The number of sulfonamides is 1. The number of hydrogen-bond acceptors (Lipinski definition) is 4. The number of fused-ring (bicyclic) bond motifs is 1. The highest BCUT2D eigenvalue weighted by atomic mass is 35.5. The number of halogens is 1. The molecule has 0 fully saturated rings. The Kier molecular flexibility index (Phi) is 6.39. The summed E-state index contributed by atoms with van der Waals surface area (Å²) in [6.07, 6.45) is 2.20. The molecule has 8 heteroatoms. The van der Waals surface area contributed by atoms with Crippen molar-refractivity contribution >= 4 is 33.2 Å². The summed E-state index contributed by atoms with van der Waals surface area (Å²) in [5.74, 6) is 0.232. The van der Waals surface area contributed by atoms with Crippen LogP contribution in [0.3, 0.4) is 0 Å². The fourth-order valence-corrected chi connectivity index (χ4v) is 5.18. The number of rotatable bonds is 6. The minimum absolute atomic E-state index is 0.209. The van der Waals surface area contributed by atoms with Crippen LogP contribution in [0.15, 0.2) is 42.5 Å². The molecule has 0 radical (unpaired) electrons. The van der Waals surface area contributed by atoms with Crippen molar-refractivity contribution < 1.29 is 17.9 Å². The molecule has 1 amide bonds. The smallest absolute Gasteiger partial charge is 0.246 e. The van der Waals surface area contributed by atoms with Gasteiger partial charge in [0.05, 0.1) is 24.1 Å². The largest absolute Gasteiger partial charge is 0.495 e. The number of ether oxygens (including phenoxy) is 1. The van der Waals surface area contributed by atoms with Gasteiger partial charge in [0.15, 0.2) is 0 Å². The second-order valence-electron chi connectivity index (χ2n) is 7.08. The van der Waals surface area contributed by atoms with E-state index in [-0.39, 0.29) is 10.9 Å². The summed E-state index contributed by atoms with van der Waals surface area (Å²) in [5, 5.41) is 0.285. The molecule has 0 unspecified atom stereocenters.